The largest absolute Gasteiger partial charge is 0.384 e. The average molecular weight is 269 g/mol. The Bertz CT molecular complexity index is 465. The third kappa shape index (κ3) is 2.57. The van der Waals surface area contributed by atoms with E-state index in [1.165, 1.54) is 12.3 Å². The van der Waals surface area contributed by atoms with Crippen molar-refractivity contribution >= 4 is 23.3 Å². The van der Waals surface area contributed by atoms with Gasteiger partial charge < -0.3 is 15.5 Å². The number of anilines is 1. The molecule has 1 unspecified atom stereocenters. The van der Waals surface area contributed by atoms with E-state index in [2.05, 4.69) is 23.9 Å². The van der Waals surface area contributed by atoms with Crippen molar-refractivity contribution in [3.8, 4) is 0 Å². The fourth-order valence-electron chi connectivity index (χ4n) is 2.02. The summed E-state index contributed by atoms with van der Waals surface area (Å²) >= 11 is 6.00. The molecule has 1 amide bonds. The molecule has 0 saturated carbocycles. The van der Waals surface area contributed by atoms with E-state index in [0.29, 0.717) is 35.5 Å². The highest BCUT2D eigenvalue weighted by atomic mass is 35.5. The first-order valence-corrected chi connectivity index (χ1v) is 6.27. The first-order chi connectivity index (χ1) is 8.49. The van der Waals surface area contributed by atoms with Crippen molar-refractivity contribution in [2.45, 2.75) is 13.0 Å². The van der Waals surface area contributed by atoms with E-state index in [1.807, 2.05) is 4.90 Å². The minimum absolute atomic E-state index is 0.0750. The van der Waals surface area contributed by atoms with E-state index in [9.17, 15) is 4.79 Å². The van der Waals surface area contributed by atoms with Gasteiger partial charge >= 0.3 is 0 Å². The Morgan fingerprint density at radius 3 is 2.94 bits per heavy atom. The number of rotatable bonds is 1. The summed E-state index contributed by atoms with van der Waals surface area (Å²) in [5.74, 6) is 0.235. The van der Waals surface area contributed by atoms with Gasteiger partial charge in [0.2, 0.25) is 0 Å². The second-order valence-corrected chi connectivity index (χ2v) is 5.08. The molecule has 1 atom stereocenters. The zero-order valence-corrected chi connectivity index (χ0v) is 11.3. The molecule has 1 aliphatic heterocycles. The fraction of sp³-hybridized carbons (Fsp3) is 0.500. The standard InChI is InChI=1S/C12H17ClN4O/c1-8-7-17(4-3-16(8)2)12(18)9-5-11(14)15-6-10(9)13/h5-6,8H,3-4,7H2,1-2H3,(H2,14,15). The summed E-state index contributed by atoms with van der Waals surface area (Å²) in [5, 5.41) is 0.348. The molecule has 2 heterocycles. The summed E-state index contributed by atoms with van der Waals surface area (Å²) in [6.07, 6.45) is 1.42. The van der Waals surface area contributed by atoms with Crippen LogP contribution < -0.4 is 5.73 Å². The number of likely N-dealkylation sites (N-methyl/N-ethyl adjacent to an activating group) is 1. The Labute approximate surface area is 112 Å². The van der Waals surface area contributed by atoms with Crippen LogP contribution in [0.15, 0.2) is 12.3 Å². The lowest BCUT2D eigenvalue weighted by Gasteiger charge is -2.37. The number of nitrogens with zero attached hydrogens (tertiary/aromatic N) is 3. The summed E-state index contributed by atoms with van der Waals surface area (Å²) in [7, 11) is 2.06. The summed E-state index contributed by atoms with van der Waals surface area (Å²) in [6, 6.07) is 1.88. The maximum absolute atomic E-state index is 12.4. The minimum atomic E-state index is -0.0750. The van der Waals surface area contributed by atoms with Gasteiger partial charge in [0.05, 0.1) is 10.6 Å². The fourth-order valence-corrected chi connectivity index (χ4v) is 2.21. The number of nitrogen functional groups attached to an aromatic ring is 1. The van der Waals surface area contributed by atoms with E-state index >= 15 is 0 Å². The zero-order valence-electron chi connectivity index (χ0n) is 10.6. The molecule has 0 aromatic carbocycles. The lowest BCUT2D eigenvalue weighted by Crippen LogP contribution is -2.52. The Morgan fingerprint density at radius 2 is 2.28 bits per heavy atom. The highest BCUT2D eigenvalue weighted by Gasteiger charge is 2.26. The van der Waals surface area contributed by atoms with Crippen molar-refractivity contribution in [1.82, 2.24) is 14.8 Å². The monoisotopic (exact) mass is 268 g/mol. The first-order valence-electron chi connectivity index (χ1n) is 5.89. The molecule has 0 aliphatic carbocycles. The molecular weight excluding hydrogens is 252 g/mol. The molecule has 1 saturated heterocycles. The Balaban J connectivity index is 2.19. The molecule has 5 nitrogen and oxygen atoms in total. The van der Waals surface area contributed by atoms with Crippen molar-refractivity contribution in [2.75, 3.05) is 32.4 Å². The number of amides is 1. The number of carbonyl (C=O) groups excluding carboxylic acids is 1. The van der Waals surface area contributed by atoms with Gasteiger partial charge in [-0.3, -0.25) is 4.79 Å². The van der Waals surface area contributed by atoms with Crippen LogP contribution in [0.3, 0.4) is 0 Å². The molecule has 1 aromatic heterocycles. The average Bonchev–Trinajstić information content (AvgIpc) is 2.35. The molecule has 0 bridgehead atoms. The minimum Gasteiger partial charge on any atom is -0.384 e. The normalized spacial score (nSPS) is 21.1. The van der Waals surface area contributed by atoms with Crippen LogP contribution in [0.25, 0.3) is 0 Å². The molecule has 2 N–H and O–H groups in total. The van der Waals surface area contributed by atoms with Crippen LogP contribution in [0, 0.1) is 0 Å². The van der Waals surface area contributed by atoms with Crippen molar-refractivity contribution in [1.29, 1.82) is 0 Å². The van der Waals surface area contributed by atoms with Gasteiger partial charge in [0.1, 0.15) is 5.82 Å². The van der Waals surface area contributed by atoms with Gasteiger partial charge in [0.25, 0.3) is 5.91 Å². The van der Waals surface area contributed by atoms with Crippen molar-refractivity contribution in [3.63, 3.8) is 0 Å². The molecule has 1 aromatic rings. The second kappa shape index (κ2) is 5.12. The maximum atomic E-state index is 12.4. The van der Waals surface area contributed by atoms with Crippen molar-refractivity contribution in [3.05, 3.63) is 22.8 Å². The third-order valence-corrected chi connectivity index (χ3v) is 3.65. The van der Waals surface area contributed by atoms with E-state index in [1.54, 1.807) is 0 Å². The summed E-state index contributed by atoms with van der Waals surface area (Å²) < 4.78 is 0. The Hall–Kier alpha value is -1.33. The van der Waals surface area contributed by atoms with Gasteiger partial charge in [0.15, 0.2) is 0 Å². The van der Waals surface area contributed by atoms with Crippen LogP contribution in [0.2, 0.25) is 5.02 Å². The SMILES string of the molecule is CC1CN(C(=O)c2cc(N)ncc2Cl)CCN1C. The van der Waals surface area contributed by atoms with Crippen LogP contribution in [-0.4, -0.2) is 53.4 Å². The molecule has 1 fully saturated rings. The summed E-state index contributed by atoms with van der Waals surface area (Å²) in [5.41, 5.74) is 6.03. The van der Waals surface area contributed by atoms with E-state index in [-0.39, 0.29) is 5.91 Å². The lowest BCUT2D eigenvalue weighted by atomic mass is 10.1. The summed E-state index contributed by atoms with van der Waals surface area (Å²) in [6.45, 7) is 4.37. The third-order valence-electron chi connectivity index (χ3n) is 3.35. The number of carbonyl (C=O) groups is 1. The van der Waals surface area contributed by atoms with Gasteiger partial charge in [-0.1, -0.05) is 11.6 Å². The van der Waals surface area contributed by atoms with Crippen LogP contribution in [0.1, 0.15) is 17.3 Å². The number of pyridine rings is 1. The number of hydrogen-bond donors (Lipinski definition) is 1. The van der Waals surface area contributed by atoms with Gasteiger partial charge in [-0.2, -0.15) is 0 Å². The molecule has 0 radical (unpaired) electrons. The number of aromatic nitrogens is 1. The Kier molecular flexibility index (Phi) is 3.73. The van der Waals surface area contributed by atoms with E-state index in [0.717, 1.165) is 6.54 Å². The molecule has 1 aliphatic rings. The molecule has 98 valence electrons. The predicted molar refractivity (Wildman–Crippen MR) is 71.7 cm³/mol. The van der Waals surface area contributed by atoms with Gasteiger partial charge in [-0.25, -0.2) is 4.98 Å². The maximum Gasteiger partial charge on any atom is 0.255 e. The predicted octanol–water partition coefficient (Wildman–Crippen LogP) is 1.09. The van der Waals surface area contributed by atoms with Crippen molar-refractivity contribution < 1.29 is 4.79 Å². The molecule has 0 spiro atoms. The van der Waals surface area contributed by atoms with Crippen molar-refractivity contribution in [2.24, 2.45) is 0 Å². The van der Waals surface area contributed by atoms with Gasteiger partial charge in [-0.05, 0) is 20.0 Å². The molecule has 2 rings (SSSR count). The topological polar surface area (TPSA) is 62.5 Å². The van der Waals surface area contributed by atoms with Gasteiger partial charge in [-0.15, -0.1) is 0 Å². The van der Waals surface area contributed by atoms with Crippen LogP contribution in [-0.2, 0) is 0 Å². The first kappa shape index (κ1) is 13.1. The van der Waals surface area contributed by atoms with Crippen LogP contribution in [0.5, 0.6) is 0 Å². The lowest BCUT2D eigenvalue weighted by molar-refractivity contribution is 0.0572. The highest BCUT2D eigenvalue weighted by Crippen LogP contribution is 2.20. The summed E-state index contributed by atoms with van der Waals surface area (Å²) in [4.78, 5) is 20.3. The molecule has 18 heavy (non-hydrogen) atoms. The molecule has 6 heteroatoms. The number of hydrogen-bond acceptors (Lipinski definition) is 4. The van der Waals surface area contributed by atoms with E-state index in [4.69, 9.17) is 17.3 Å². The number of piperazine rings is 1. The highest BCUT2D eigenvalue weighted by molar-refractivity contribution is 6.33. The second-order valence-electron chi connectivity index (χ2n) is 4.67. The van der Waals surface area contributed by atoms with Crippen LogP contribution >= 0.6 is 11.6 Å². The van der Waals surface area contributed by atoms with Gasteiger partial charge in [0, 0.05) is 31.9 Å². The Morgan fingerprint density at radius 1 is 1.56 bits per heavy atom. The van der Waals surface area contributed by atoms with E-state index < -0.39 is 0 Å². The number of halogens is 1. The van der Waals surface area contributed by atoms with Crippen LogP contribution in [0.4, 0.5) is 5.82 Å². The zero-order chi connectivity index (χ0) is 13.3. The quantitative estimate of drug-likeness (QED) is 0.828. The smallest absolute Gasteiger partial charge is 0.255 e. The molecular formula is C12H17ClN4O. The number of nitrogens with two attached hydrogens (primary N) is 1.